The van der Waals surface area contributed by atoms with Gasteiger partial charge in [0.1, 0.15) is 11.4 Å². The molecule has 6 nitrogen and oxygen atoms in total. The number of aromatic nitrogens is 1. The van der Waals surface area contributed by atoms with Crippen LogP contribution in [-0.2, 0) is 16.0 Å². The van der Waals surface area contributed by atoms with Gasteiger partial charge in [-0.2, -0.15) is 0 Å². The monoisotopic (exact) mass is 264 g/mol. The number of halogens is 3. The fourth-order valence-electron chi connectivity index (χ4n) is 1.18. The van der Waals surface area contributed by atoms with E-state index >= 15 is 0 Å². The summed E-state index contributed by atoms with van der Waals surface area (Å²) in [6.07, 6.45) is -3.92. The first-order valence-electron chi connectivity index (χ1n) is 4.55. The standard InChI is InChI=1S/C9H7F3N2O4/c1-18-7(15)3-5-6(14(16)17)2-4(10)8(13-5)9(11)12/h2,9H,3H2,1H3. The summed E-state index contributed by atoms with van der Waals surface area (Å²) in [5.74, 6) is -2.40. The number of carbonyl (C=O) groups excluding carboxylic acids is 1. The van der Waals surface area contributed by atoms with Crippen molar-refractivity contribution in [3.8, 4) is 0 Å². The lowest BCUT2D eigenvalue weighted by Gasteiger charge is -2.05. The van der Waals surface area contributed by atoms with E-state index in [0.29, 0.717) is 6.07 Å². The number of rotatable bonds is 4. The highest BCUT2D eigenvalue weighted by molar-refractivity contribution is 5.73. The molecule has 0 aliphatic carbocycles. The lowest BCUT2D eigenvalue weighted by molar-refractivity contribution is -0.386. The first-order valence-corrected chi connectivity index (χ1v) is 4.55. The van der Waals surface area contributed by atoms with Crippen molar-refractivity contribution >= 4 is 11.7 Å². The number of nitro groups is 1. The second-order valence-corrected chi connectivity index (χ2v) is 3.13. The van der Waals surface area contributed by atoms with Crippen LogP contribution in [0.15, 0.2) is 6.07 Å². The van der Waals surface area contributed by atoms with E-state index < -0.39 is 46.6 Å². The maximum absolute atomic E-state index is 13.1. The quantitative estimate of drug-likeness (QED) is 0.470. The Morgan fingerprint density at radius 1 is 1.61 bits per heavy atom. The minimum atomic E-state index is -3.23. The molecule has 0 aliphatic rings. The zero-order chi connectivity index (χ0) is 13.9. The zero-order valence-corrected chi connectivity index (χ0v) is 9.02. The Kier molecular flexibility index (Phi) is 4.18. The third-order valence-corrected chi connectivity index (χ3v) is 2.00. The summed E-state index contributed by atoms with van der Waals surface area (Å²) in [6.45, 7) is 0. The summed E-state index contributed by atoms with van der Waals surface area (Å²) < 4.78 is 42.1. The van der Waals surface area contributed by atoms with Crippen molar-refractivity contribution in [1.82, 2.24) is 4.98 Å². The summed E-state index contributed by atoms with van der Waals surface area (Å²) in [7, 11) is 1.02. The molecule has 98 valence electrons. The van der Waals surface area contributed by atoms with E-state index in [1.165, 1.54) is 0 Å². The molecular formula is C9H7F3N2O4. The Morgan fingerprint density at radius 3 is 2.67 bits per heavy atom. The van der Waals surface area contributed by atoms with Crippen LogP contribution in [0.1, 0.15) is 17.8 Å². The summed E-state index contributed by atoms with van der Waals surface area (Å²) in [5.41, 5.74) is -2.65. The van der Waals surface area contributed by atoms with E-state index in [1.54, 1.807) is 0 Å². The lowest BCUT2D eigenvalue weighted by Crippen LogP contribution is -2.11. The molecule has 0 spiro atoms. The molecule has 0 saturated carbocycles. The fraction of sp³-hybridized carbons (Fsp3) is 0.333. The van der Waals surface area contributed by atoms with Crippen LogP contribution >= 0.6 is 0 Å². The van der Waals surface area contributed by atoms with Crippen LogP contribution in [-0.4, -0.2) is 23.0 Å². The van der Waals surface area contributed by atoms with Crippen molar-refractivity contribution in [2.75, 3.05) is 7.11 Å². The summed E-state index contributed by atoms with van der Waals surface area (Å²) >= 11 is 0. The van der Waals surface area contributed by atoms with Gasteiger partial charge >= 0.3 is 5.97 Å². The van der Waals surface area contributed by atoms with Crippen molar-refractivity contribution in [2.24, 2.45) is 0 Å². The van der Waals surface area contributed by atoms with Gasteiger partial charge in [-0.3, -0.25) is 14.9 Å². The van der Waals surface area contributed by atoms with Crippen molar-refractivity contribution in [2.45, 2.75) is 12.8 Å². The normalized spacial score (nSPS) is 10.5. The van der Waals surface area contributed by atoms with Gasteiger partial charge in [0.25, 0.3) is 12.1 Å². The Balaban J connectivity index is 3.30. The number of hydrogen-bond acceptors (Lipinski definition) is 5. The highest BCUT2D eigenvalue weighted by Gasteiger charge is 2.25. The van der Waals surface area contributed by atoms with Gasteiger partial charge in [0.15, 0.2) is 5.82 Å². The smallest absolute Gasteiger partial charge is 0.311 e. The van der Waals surface area contributed by atoms with Gasteiger partial charge < -0.3 is 4.74 Å². The Morgan fingerprint density at radius 2 is 2.22 bits per heavy atom. The molecule has 1 rings (SSSR count). The van der Waals surface area contributed by atoms with Crippen molar-refractivity contribution in [1.29, 1.82) is 0 Å². The topological polar surface area (TPSA) is 82.3 Å². The molecule has 0 atom stereocenters. The number of pyridine rings is 1. The fourth-order valence-corrected chi connectivity index (χ4v) is 1.18. The van der Waals surface area contributed by atoms with Gasteiger partial charge in [0.2, 0.25) is 0 Å². The molecule has 0 bridgehead atoms. The van der Waals surface area contributed by atoms with Gasteiger partial charge in [0, 0.05) is 0 Å². The van der Waals surface area contributed by atoms with Gasteiger partial charge in [-0.05, 0) is 0 Å². The van der Waals surface area contributed by atoms with Gasteiger partial charge in [-0.25, -0.2) is 18.2 Å². The van der Waals surface area contributed by atoms with E-state index in [9.17, 15) is 28.1 Å². The summed E-state index contributed by atoms with van der Waals surface area (Å²) in [5, 5.41) is 10.6. The number of carbonyl (C=O) groups is 1. The minimum absolute atomic E-state index is 0.312. The number of methoxy groups -OCH3 is 1. The van der Waals surface area contributed by atoms with Crippen LogP contribution in [0.25, 0.3) is 0 Å². The molecular weight excluding hydrogens is 257 g/mol. The van der Waals surface area contributed by atoms with Crippen LogP contribution in [0.3, 0.4) is 0 Å². The Labute approximate surface area is 98.5 Å². The molecule has 0 saturated heterocycles. The average Bonchev–Trinajstić information content (AvgIpc) is 2.29. The molecule has 0 amide bonds. The summed E-state index contributed by atoms with van der Waals surface area (Å²) in [6, 6.07) is 0.312. The number of hydrogen-bond donors (Lipinski definition) is 0. The maximum atomic E-state index is 13.1. The number of esters is 1. The van der Waals surface area contributed by atoms with E-state index in [4.69, 9.17) is 0 Å². The van der Waals surface area contributed by atoms with Gasteiger partial charge in [0.05, 0.1) is 24.5 Å². The van der Waals surface area contributed by atoms with Crippen LogP contribution in [0, 0.1) is 15.9 Å². The molecule has 0 radical (unpaired) electrons. The van der Waals surface area contributed by atoms with Crippen molar-refractivity contribution in [3.63, 3.8) is 0 Å². The van der Waals surface area contributed by atoms with E-state index in [0.717, 1.165) is 7.11 Å². The highest BCUT2D eigenvalue weighted by atomic mass is 19.3. The predicted molar refractivity (Wildman–Crippen MR) is 51.5 cm³/mol. The second-order valence-electron chi connectivity index (χ2n) is 3.13. The molecule has 0 aromatic carbocycles. The average molecular weight is 264 g/mol. The lowest BCUT2D eigenvalue weighted by atomic mass is 10.2. The Bertz CT molecular complexity index is 493. The number of nitrogens with zero attached hydrogens (tertiary/aromatic N) is 2. The van der Waals surface area contributed by atoms with E-state index in [-0.39, 0.29) is 0 Å². The highest BCUT2D eigenvalue weighted by Crippen LogP contribution is 2.26. The zero-order valence-electron chi connectivity index (χ0n) is 9.02. The molecule has 0 unspecified atom stereocenters. The molecule has 0 fully saturated rings. The first kappa shape index (κ1) is 13.9. The van der Waals surface area contributed by atoms with E-state index in [2.05, 4.69) is 9.72 Å². The second kappa shape index (κ2) is 5.43. The first-order chi connectivity index (χ1) is 8.36. The van der Waals surface area contributed by atoms with Gasteiger partial charge in [-0.1, -0.05) is 0 Å². The summed E-state index contributed by atoms with van der Waals surface area (Å²) in [4.78, 5) is 23.6. The van der Waals surface area contributed by atoms with Crippen LogP contribution in [0.4, 0.5) is 18.9 Å². The Hall–Kier alpha value is -2.19. The van der Waals surface area contributed by atoms with Crippen LogP contribution in [0.5, 0.6) is 0 Å². The van der Waals surface area contributed by atoms with E-state index in [1.807, 2.05) is 0 Å². The molecule has 1 aromatic heterocycles. The molecule has 1 heterocycles. The van der Waals surface area contributed by atoms with Crippen LogP contribution in [0.2, 0.25) is 0 Å². The number of alkyl halides is 2. The largest absolute Gasteiger partial charge is 0.469 e. The van der Waals surface area contributed by atoms with Gasteiger partial charge in [-0.15, -0.1) is 0 Å². The molecule has 0 aliphatic heterocycles. The minimum Gasteiger partial charge on any atom is -0.469 e. The van der Waals surface area contributed by atoms with Crippen molar-refractivity contribution < 1.29 is 27.6 Å². The number of ether oxygens (including phenoxy) is 1. The van der Waals surface area contributed by atoms with Crippen molar-refractivity contribution in [3.05, 3.63) is 33.4 Å². The third-order valence-electron chi connectivity index (χ3n) is 2.00. The predicted octanol–water partition coefficient (Wildman–Crippen LogP) is 1.78. The maximum Gasteiger partial charge on any atom is 0.311 e. The molecule has 0 N–H and O–H groups in total. The van der Waals surface area contributed by atoms with Crippen LogP contribution < -0.4 is 0 Å². The molecule has 1 aromatic rings. The third kappa shape index (κ3) is 2.93. The molecule has 9 heteroatoms. The molecule has 18 heavy (non-hydrogen) atoms. The SMILES string of the molecule is COC(=O)Cc1nc(C(F)F)c(F)cc1[N+](=O)[O-].